The van der Waals surface area contributed by atoms with Crippen LogP contribution in [0, 0.1) is 4.64 Å². The highest BCUT2D eigenvalue weighted by molar-refractivity contribution is 7.71. The Balaban J connectivity index is 2.06. The SMILES string of the molecule is OCC1OC(n2ncc3c(=S)nc[nH]c32)C(O)C1O. The Morgan fingerprint density at radius 2 is 2.21 bits per heavy atom. The van der Waals surface area contributed by atoms with Crippen LogP contribution in [-0.2, 0) is 4.74 Å². The predicted octanol–water partition coefficient (Wildman–Crippen LogP) is -0.900. The number of hydrogen-bond acceptors (Lipinski definition) is 7. The number of aliphatic hydroxyl groups is 3. The minimum absolute atomic E-state index is 0.381. The molecule has 3 heterocycles. The molecule has 1 saturated heterocycles. The van der Waals surface area contributed by atoms with Crippen LogP contribution in [0.15, 0.2) is 12.5 Å². The number of nitrogens with zero attached hydrogens (tertiary/aromatic N) is 3. The van der Waals surface area contributed by atoms with E-state index in [1.807, 2.05) is 0 Å². The fourth-order valence-corrected chi connectivity index (χ4v) is 2.36. The molecule has 2 aromatic heterocycles. The molecule has 9 heteroatoms. The summed E-state index contributed by atoms with van der Waals surface area (Å²) in [5, 5.41) is 33.5. The van der Waals surface area contributed by atoms with Crippen LogP contribution >= 0.6 is 12.2 Å². The molecule has 2 aromatic rings. The van der Waals surface area contributed by atoms with E-state index >= 15 is 0 Å². The molecule has 0 radical (unpaired) electrons. The van der Waals surface area contributed by atoms with Gasteiger partial charge in [-0.25, -0.2) is 9.67 Å². The number of aliphatic hydroxyl groups excluding tert-OH is 3. The molecule has 102 valence electrons. The van der Waals surface area contributed by atoms with Crippen LogP contribution < -0.4 is 0 Å². The van der Waals surface area contributed by atoms with Gasteiger partial charge in [0.1, 0.15) is 28.6 Å². The second-order valence-electron chi connectivity index (χ2n) is 4.29. The van der Waals surface area contributed by atoms with Gasteiger partial charge in [-0.2, -0.15) is 5.10 Å². The third-order valence-electron chi connectivity index (χ3n) is 3.17. The molecule has 0 spiro atoms. The first kappa shape index (κ1) is 12.6. The molecule has 0 aliphatic carbocycles. The molecule has 4 unspecified atom stereocenters. The third-order valence-corrected chi connectivity index (χ3v) is 3.49. The number of hydrogen-bond donors (Lipinski definition) is 4. The molecular formula is C10H12N4O4S. The molecule has 0 bridgehead atoms. The van der Waals surface area contributed by atoms with E-state index in [2.05, 4.69) is 15.1 Å². The van der Waals surface area contributed by atoms with Crippen molar-refractivity contribution in [2.24, 2.45) is 0 Å². The lowest BCUT2D eigenvalue weighted by atomic mass is 10.1. The van der Waals surface area contributed by atoms with Gasteiger partial charge in [-0.05, 0) is 0 Å². The Labute approximate surface area is 112 Å². The first-order valence-electron chi connectivity index (χ1n) is 5.67. The van der Waals surface area contributed by atoms with E-state index in [0.717, 1.165) is 0 Å². The molecule has 4 N–H and O–H groups in total. The largest absolute Gasteiger partial charge is 0.394 e. The highest BCUT2D eigenvalue weighted by Gasteiger charge is 2.44. The van der Waals surface area contributed by atoms with Gasteiger partial charge in [0.25, 0.3) is 0 Å². The number of ether oxygens (including phenoxy) is 1. The zero-order valence-corrected chi connectivity index (χ0v) is 10.5. The van der Waals surface area contributed by atoms with Gasteiger partial charge >= 0.3 is 0 Å². The zero-order chi connectivity index (χ0) is 13.6. The molecule has 8 nitrogen and oxygen atoms in total. The van der Waals surface area contributed by atoms with Crippen LogP contribution in [-0.4, -0.2) is 60.0 Å². The van der Waals surface area contributed by atoms with Crippen LogP contribution in [0.1, 0.15) is 6.23 Å². The van der Waals surface area contributed by atoms with Crippen molar-refractivity contribution in [3.63, 3.8) is 0 Å². The summed E-state index contributed by atoms with van der Waals surface area (Å²) >= 11 is 5.06. The molecular weight excluding hydrogens is 272 g/mol. The van der Waals surface area contributed by atoms with Crippen LogP contribution in [0.2, 0.25) is 0 Å². The van der Waals surface area contributed by atoms with Gasteiger partial charge in [0.2, 0.25) is 0 Å². The highest BCUT2D eigenvalue weighted by atomic mass is 32.1. The van der Waals surface area contributed by atoms with E-state index in [1.54, 1.807) is 0 Å². The van der Waals surface area contributed by atoms with Crippen molar-refractivity contribution in [2.75, 3.05) is 6.61 Å². The average Bonchev–Trinajstić information content (AvgIpc) is 2.94. The average molecular weight is 284 g/mol. The Hall–Kier alpha value is -1.39. The molecule has 4 atom stereocenters. The summed E-state index contributed by atoms with van der Waals surface area (Å²) in [7, 11) is 0. The Kier molecular flexibility index (Phi) is 3.07. The summed E-state index contributed by atoms with van der Waals surface area (Å²) in [4.78, 5) is 6.80. The van der Waals surface area contributed by atoms with Gasteiger partial charge in [0, 0.05) is 0 Å². The maximum Gasteiger partial charge on any atom is 0.181 e. The minimum atomic E-state index is -1.18. The van der Waals surface area contributed by atoms with Crippen molar-refractivity contribution in [3.05, 3.63) is 17.2 Å². The first-order chi connectivity index (χ1) is 9.13. The van der Waals surface area contributed by atoms with Crippen molar-refractivity contribution in [1.29, 1.82) is 0 Å². The molecule has 1 aliphatic rings. The summed E-state index contributed by atoms with van der Waals surface area (Å²) in [6.07, 6.45) is -1.16. The second-order valence-corrected chi connectivity index (χ2v) is 4.67. The lowest BCUT2D eigenvalue weighted by Gasteiger charge is -2.15. The van der Waals surface area contributed by atoms with Crippen LogP contribution in [0.5, 0.6) is 0 Å². The lowest BCUT2D eigenvalue weighted by Crippen LogP contribution is -2.33. The van der Waals surface area contributed by atoms with Crippen molar-refractivity contribution in [1.82, 2.24) is 19.7 Å². The van der Waals surface area contributed by atoms with E-state index < -0.39 is 24.5 Å². The maximum atomic E-state index is 9.96. The molecule has 0 saturated carbocycles. The number of aromatic nitrogens is 4. The Morgan fingerprint density at radius 3 is 2.89 bits per heavy atom. The van der Waals surface area contributed by atoms with Crippen molar-refractivity contribution in [2.45, 2.75) is 24.5 Å². The number of fused-ring (bicyclic) bond motifs is 1. The smallest absolute Gasteiger partial charge is 0.181 e. The van der Waals surface area contributed by atoms with E-state index in [9.17, 15) is 10.2 Å². The van der Waals surface area contributed by atoms with Crippen molar-refractivity contribution in [3.8, 4) is 0 Å². The summed E-state index contributed by atoms with van der Waals surface area (Å²) < 4.78 is 7.17. The topological polar surface area (TPSA) is 116 Å². The van der Waals surface area contributed by atoms with Crippen LogP contribution in [0.25, 0.3) is 11.0 Å². The molecule has 1 aliphatic heterocycles. The molecule has 3 rings (SSSR count). The quantitative estimate of drug-likeness (QED) is 0.528. The zero-order valence-electron chi connectivity index (χ0n) is 9.67. The summed E-state index contributed by atoms with van der Waals surface area (Å²) in [6.45, 7) is -0.383. The number of nitrogens with one attached hydrogen (secondary N) is 1. The number of aromatic amines is 1. The third kappa shape index (κ3) is 1.86. The fourth-order valence-electron chi connectivity index (χ4n) is 2.16. The van der Waals surface area contributed by atoms with Crippen LogP contribution in [0.4, 0.5) is 0 Å². The normalized spacial score (nSPS) is 31.1. The predicted molar refractivity (Wildman–Crippen MR) is 65.7 cm³/mol. The second kappa shape index (κ2) is 4.62. The van der Waals surface area contributed by atoms with Crippen molar-refractivity contribution >= 4 is 23.3 Å². The standard InChI is InChI=1S/C10H12N4O4S/c15-2-5-6(16)7(17)10(18-5)14-8-4(1-13-14)9(19)12-3-11-8/h1,3,5-7,10,15-17H,2H2,(H,11,12,19). The lowest BCUT2D eigenvalue weighted by molar-refractivity contribution is -0.0566. The van der Waals surface area contributed by atoms with Crippen molar-refractivity contribution < 1.29 is 20.1 Å². The van der Waals surface area contributed by atoms with E-state index in [1.165, 1.54) is 17.2 Å². The van der Waals surface area contributed by atoms with Gasteiger partial charge in [-0.15, -0.1) is 0 Å². The van der Waals surface area contributed by atoms with E-state index in [0.29, 0.717) is 15.7 Å². The minimum Gasteiger partial charge on any atom is -0.394 e. The number of H-pyrrole nitrogens is 1. The van der Waals surface area contributed by atoms with E-state index in [-0.39, 0.29) is 6.61 Å². The van der Waals surface area contributed by atoms with E-state index in [4.69, 9.17) is 22.1 Å². The molecule has 0 aromatic carbocycles. The van der Waals surface area contributed by atoms with Gasteiger partial charge in [-0.1, -0.05) is 12.2 Å². The summed E-state index contributed by atoms with van der Waals surface area (Å²) in [6, 6.07) is 0. The highest BCUT2D eigenvalue weighted by Crippen LogP contribution is 2.30. The summed E-state index contributed by atoms with van der Waals surface area (Å²) in [5.41, 5.74) is 0.537. The Morgan fingerprint density at radius 1 is 1.42 bits per heavy atom. The molecule has 1 fully saturated rings. The first-order valence-corrected chi connectivity index (χ1v) is 6.07. The molecule has 0 amide bonds. The van der Waals surface area contributed by atoms with Gasteiger partial charge in [-0.3, -0.25) is 0 Å². The van der Waals surface area contributed by atoms with Gasteiger partial charge in [0.05, 0.1) is 24.5 Å². The summed E-state index contributed by atoms with van der Waals surface area (Å²) in [5.74, 6) is 0. The van der Waals surface area contributed by atoms with Gasteiger partial charge in [0.15, 0.2) is 6.23 Å². The number of rotatable bonds is 2. The fraction of sp³-hybridized carbons (Fsp3) is 0.500. The van der Waals surface area contributed by atoms with Crippen LogP contribution in [0.3, 0.4) is 0 Å². The molecule has 19 heavy (non-hydrogen) atoms. The Bertz CT molecular complexity index is 656. The van der Waals surface area contributed by atoms with Gasteiger partial charge < -0.3 is 25.0 Å². The maximum absolute atomic E-state index is 9.96. The monoisotopic (exact) mass is 284 g/mol.